The molecule has 0 aliphatic carbocycles. The quantitative estimate of drug-likeness (QED) is 0.900. The Morgan fingerprint density at radius 2 is 2.00 bits per heavy atom. The SMILES string of the molecule is Brc1ccccc1COCc1cccc(C2=NCCN2)c1. The Balaban J connectivity index is 1.61. The first-order chi connectivity index (χ1) is 10.3. The predicted molar refractivity (Wildman–Crippen MR) is 88.5 cm³/mol. The van der Waals surface area contributed by atoms with Gasteiger partial charge in [0.25, 0.3) is 0 Å². The second kappa shape index (κ2) is 6.87. The van der Waals surface area contributed by atoms with E-state index in [2.05, 4.69) is 56.6 Å². The number of hydrogen-bond acceptors (Lipinski definition) is 3. The molecule has 3 nitrogen and oxygen atoms in total. The van der Waals surface area contributed by atoms with E-state index in [0.29, 0.717) is 13.2 Å². The van der Waals surface area contributed by atoms with Crippen LogP contribution in [0, 0.1) is 0 Å². The molecule has 1 N–H and O–H groups in total. The van der Waals surface area contributed by atoms with Gasteiger partial charge in [-0.15, -0.1) is 0 Å². The number of benzene rings is 2. The van der Waals surface area contributed by atoms with E-state index in [0.717, 1.165) is 40.1 Å². The zero-order valence-electron chi connectivity index (χ0n) is 11.7. The lowest BCUT2D eigenvalue weighted by molar-refractivity contribution is 0.107. The standard InChI is InChI=1S/C17H17BrN2O/c18-16-7-2-1-5-15(16)12-21-11-13-4-3-6-14(10-13)17-19-8-9-20-17/h1-7,10H,8-9,11-12H2,(H,19,20). The molecule has 1 aliphatic heterocycles. The molecule has 0 saturated heterocycles. The Morgan fingerprint density at radius 3 is 2.81 bits per heavy atom. The summed E-state index contributed by atoms with van der Waals surface area (Å²) in [5.74, 6) is 0.989. The van der Waals surface area contributed by atoms with E-state index in [1.165, 1.54) is 0 Å². The van der Waals surface area contributed by atoms with Gasteiger partial charge in [0, 0.05) is 16.6 Å². The summed E-state index contributed by atoms with van der Waals surface area (Å²) in [6, 6.07) is 16.5. The van der Waals surface area contributed by atoms with Crippen molar-refractivity contribution in [1.82, 2.24) is 5.32 Å². The number of ether oxygens (including phenoxy) is 1. The summed E-state index contributed by atoms with van der Waals surface area (Å²) < 4.78 is 6.90. The van der Waals surface area contributed by atoms with Gasteiger partial charge in [-0.1, -0.05) is 52.3 Å². The Labute approximate surface area is 133 Å². The van der Waals surface area contributed by atoms with Crippen LogP contribution in [-0.4, -0.2) is 18.9 Å². The first-order valence-electron chi connectivity index (χ1n) is 7.02. The highest BCUT2D eigenvalue weighted by Crippen LogP contribution is 2.17. The maximum atomic E-state index is 5.81. The van der Waals surface area contributed by atoms with E-state index < -0.39 is 0 Å². The molecule has 0 spiro atoms. The summed E-state index contributed by atoms with van der Waals surface area (Å²) in [5.41, 5.74) is 3.46. The zero-order chi connectivity index (χ0) is 14.5. The van der Waals surface area contributed by atoms with Crippen LogP contribution in [0.25, 0.3) is 0 Å². The second-order valence-corrected chi connectivity index (χ2v) is 5.80. The Morgan fingerprint density at radius 1 is 1.10 bits per heavy atom. The van der Waals surface area contributed by atoms with E-state index in [-0.39, 0.29) is 0 Å². The van der Waals surface area contributed by atoms with Crippen LogP contribution in [0.2, 0.25) is 0 Å². The number of amidine groups is 1. The zero-order valence-corrected chi connectivity index (χ0v) is 13.3. The highest BCUT2D eigenvalue weighted by molar-refractivity contribution is 9.10. The van der Waals surface area contributed by atoms with Crippen LogP contribution >= 0.6 is 15.9 Å². The number of nitrogens with one attached hydrogen (secondary N) is 1. The van der Waals surface area contributed by atoms with Gasteiger partial charge in [-0.25, -0.2) is 0 Å². The molecule has 0 atom stereocenters. The summed E-state index contributed by atoms with van der Waals surface area (Å²) in [7, 11) is 0. The lowest BCUT2D eigenvalue weighted by Gasteiger charge is -2.08. The normalized spacial score (nSPS) is 13.9. The molecule has 1 aliphatic rings. The molecule has 0 bridgehead atoms. The average Bonchev–Trinajstić information content (AvgIpc) is 3.04. The van der Waals surface area contributed by atoms with Gasteiger partial charge in [0.15, 0.2) is 0 Å². The van der Waals surface area contributed by atoms with Crippen molar-refractivity contribution in [2.24, 2.45) is 4.99 Å². The largest absolute Gasteiger partial charge is 0.372 e. The molecule has 3 rings (SSSR count). The molecule has 2 aromatic carbocycles. The molecule has 0 unspecified atom stereocenters. The van der Waals surface area contributed by atoms with E-state index in [4.69, 9.17) is 4.74 Å². The summed E-state index contributed by atoms with van der Waals surface area (Å²) in [6.45, 7) is 2.99. The minimum Gasteiger partial charge on any atom is -0.372 e. The van der Waals surface area contributed by atoms with Gasteiger partial charge in [-0.05, 0) is 23.3 Å². The van der Waals surface area contributed by atoms with Crippen LogP contribution in [0.15, 0.2) is 58.0 Å². The fourth-order valence-electron chi connectivity index (χ4n) is 2.29. The Bertz CT molecular complexity index is 655. The van der Waals surface area contributed by atoms with E-state index in [9.17, 15) is 0 Å². The average molecular weight is 345 g/mol. The minimum atomic E-state index is 0.600. The van der Waals surface area contributed by atoms with Crippen molar-refractivity contribution in [1.29, 1.82) is 0 Å². The highest BCUT2D eigenvalue weighted by Gasteiger charge is 2.08. The number of halogens is 1. The van der Waals surface area contributed by atoms with E-state index >= 15 is 0 Å². The molecule has 21 heavy (non-hydrogen) atoms. The van der Waals surface area contributed by atoms with Gasteiger partial charge in [0.05, 0.1) is 19.8 Å². The number of rotatable bonds is 5. The molecule has 108 valence electrons. The molecule has 2 aromatic rings. The summed E-state index contributed by atoms with van der Waals surface area (Å²) in [4.78, 5) is 4.45. The molecule has 0 radical (unpaired) electrons. The van der Waals surface area contributed by atoms with Crippen molar-refractivity contribution in [2.75, 3.05) is 13.1 Å². The van der Waals surface area contributed by atoms with Gasteiger partial charge in [-0.2, -0.15) is 0 Å². The van der Waals surface area contributed by atoms with Gasteiger partial charge < -0.3 is 10.1 Å². The lowest BCUT2D eigenvalue weighted by Crippen LogP contribution is -2.19. The first kappa shape index (κ1) is 14.3. The maximum absolute atomic E-state index is 5.81. The van der Waals surface area contributed by atoms with Crippen molar-refractivity contribution in [3.63, 3.8) is 0 Å². The Hall–Kier alpha value is -1.65. The molecular weight excluding hydrogens is 328 g/mol. The Kier molecular flexibility index (Phi) is 4.68. The van der Waals surface area contributed by atoms with Crippen LogP contribution in [0.3, 0.4) is 0 Å². The monoisotopic (exact) mass is 344 g/mol. The third kappa shape index (κ3) is 3.71. The van der Waals surface area contributed by atoms with Crippen LogP contribution in [-0.2, 0) is 18.0 Å². The fraction of sp³-hybridized carbons (Fsp3) is 0.235. The maximum Gasteiger partial charge on any atom is 0.128 e. The molecule has 4 heteroatoms. The smallest absolute Gasteiger partial charge is 0.128 e. The van der Waals surface area contributed by atoms with Crippen molar-refractivity contribution < 1.29 is 4.74 Å². The molecule has 1 heterocycles. The fourth-order valence-corrected chi connectivity index (χ4v) is 2.69. The second-order valence-electron chi connectivity index (χ2n) is 4.94. The third-order valence-electron chi connectivity index (χ3n) is 3.36. The molecule has 0 saturated carbocycles. The van der Waals surface area contributed by atoms with Crippen molar-refractivity contribution in [3.8, 4) is 0 Å². The number of aliphatic imine (C=N–C) groups is 1. The summed E-state index contributed by atoms with van der Waals surface area (Å²) in [6.07, 6.45) is 0. The van der Waals surface area contributed by atoms with Gasteiger partial charge >= 0.3 is 0 Å². The van der Waals surface area contributed by atoms with E-state index in [1.54, 1.807) is 0 Å². The van der Waals surface area contributed by atoms with Crippen LogP contribution in [0.4, 0.5) is 0 Å². The summed E-state index contributed by atoms with van der Waals surface area (Å²) in [5, 5.41) is 3.29. The molecule has 0 amide bonds. The van der Waals surface area contributed by atoms with Gasteiger partial charge in [0.2, 0.25) is 0 Å². The molecule has 0 aromatic heterocycles. The summed E-state index contributed by atoms with van der Waals surface area (Å²) >= 11 is 3.54. The van der Waals surface area contributed by atoms with Crippen LogP contribution in [0.5, 0.6) is 0 Å². The molecule has 0 fully saturated rings. The first-order valence-corrected chi connectivity index (χ1v) is 7.81. The number of nitrogens with zero attached hydrogens (tertiary/aromatic N) is 1. The van der Waals surface area contributed by atoms with Crippen LogP contribution < -0.4 is 5.32 Å². The minimum absolute atomic E-state index is 0.600. The van der Waals surface area contributed by atoms with Gasteiger partial charge in [-0.3, -0.25) is 4.99 Å². The predicted octanol–water partition coefficient (Wildman–Crippen LogP) is 3.52. The lowest BCUT2D eigenvalue weighted by atomic mass is 10.1. The third-order valence-corrected chi connectivity index (χ3v) is 4.13. The topological polar surface area (TPSA) is 33.6 Å². The van der Waals surface area contributed by atoms with Crippen molar-refractivity contribution >= 4 is 21.8 Å². The van der Waals surface area contributed by atoms with E-state index in [1.807, 2.05) is 18.2 Å². The molecular formula is C17H17BrN2O. The van der Waals surface area contributed by atoms with Gasteiger partial charge in [0.1, 0.15) is 5.84 Å². The highest BCUT2D eigenvalue weighted by atomic mass is 79.9. The van der Waals surface area contributed by atoms with Crippen molar-refractivity contribution in [3.05, 3.63) is 69.7 Å². The van der Waals surface area contributed by atoms with Crippen LogP contribution in [0.1, 0.15) is 16.7 Å². The van der Waals surface area contributed by atoms with Crippen molar-refractivity contribution in [2.45, 2.75) is 13.2 Å². The number of hydrogen-bond donors (Lipinski definition) is 1.